The van der Waals surface area contributed by atoms with Gasteiger partial charge < -0.3 is 15.2 Å². The van der Waals surface area contributed by atoms with Crippen LogP contribution < -0.4 is 10.6 Å². The van der Waals surface area contributed by atoms with Crippen LogP contribution >= 0.6 is 11.6 Å². The number of anilines is 1. The van der Waals surface area contributed by atoms with Crippen molar-refractivity contribution in [3.05, 3.63) is 72.0 Å². The topological polar surface area (TPSA) is 58.0 Å². The van der Waals surface area contributed by atoms with Gasteiger partial charge in [0.1, 0.15) is 0 Å². The maximum absolute atomic E-state index is 6.76. The van der Waals surface area contributed by atoms with E-state index in [-0.39, 0.29) is 5.54 Å². The zero-order valence-corrected chi connectivity index (χ0v) is 21.8. The molecule has 6 nitrogen and oxygen atoms in total. The van der Waals surface area contributed by atoms with Crippen molar-refractivity contribution in [2.45, 2.75) is 49.6 Å². The molecule has 0 radical (unpaired) electrons. The van der Waals surface area contributed by atoms with Crippen LogP contribution in [0.15, 0.2) is 67.0 Å². The van der Waals surface area contributed by atoms with Gasteiger partial charge in [-0.05, 0) is 56.7 Å². The van der Waals surface area contributed by atoms with Gasteiger partial charge in [0.05, 0.1) is 22.4 Å². The number of piperazine rings is 1. The van der Waals surface area contributed by atoms with Crippen LogP contribution in [0.1, 0.15) is 38.5 Å². The van der Waals surface area contributed by atoms with Gasteiger partial charge in [-0.25, -0.2) is 9.97 Å². The number of para-hydroxylation sites is 2. The molecule has 0 amide bonds. The molecular formula is C30H33ClN6. The fourth-order valence-corrected chi connectivity index (χ4v) is 7.41. The molecular weight excluding hydrogens is 480 g/mol. The van der Waals surface area contributed by atoms with E-state index >= 15 is 0 Å². The minimum atomic E-state index is 0.0618. The molecule has 0 spiro atoms. The molecule has 1 aliphatic heterocycles. The van der Waals surface area contributed by atoms with E-state index in [4.69, 9.17) is 16.6 Å². The average molecular weight is 513 g/mol. The second kappa shape index (κ2) is 9.12. The van der Waals surface area contributed by atoms with Crippen molar-refractivity contribution < 1.29 is 0 Å². The quantitative estimate of drug-likeness (QED) is 0.348. The summed E-state index contributed by atoms with van der Waals surface area (Å²) in [5.41, 5.74) is 4.44. The highest BCUT2D eigenvalue weighted by molar-refractivity contribution is 6.33. The summed E-state index contributed by atoms with van der Waals surface area (Å²) in [6.07, 6.45) is 11.3. The van der Waals surface area contributed by atoms with Gasteiger partial charge in [-0.2, -0.15) is 0 Å². The first-order chi connectivity index (χ1) is 18.1. The third-order valence-electron chi connectivity index (χ3n) is 8.94. The Morgan fingerprint density at radius 2 is 1.73 bits per heavy atom. The van der Waals surface area contributed by atoms with Crippen molar-refractivity contribution in [3.8, 4) is 16.9 Å². The zero-order chi connectivity index (χ0) is 24.9. The van der Waals surface area contributed by atoms with Crippen LogP contribution in [-0.2, 0) is 0 Å². The van der Waals surface area contributed by atoms with Crippen molar-refractivity contribution in [1.29, 1.82) is 0 Å². The normalized spacial score (nSPS) is 26.0. The Labute approximate surface area is 223 Å². The van der Waals surface area contributed by atoms with E-state index in [1.165, 1.54) is 38.5 Å². The number of halogens is 1. The summed E-state index contributed by atoms with van der Waals surface area (Å²) >= 11 is 6.76. The molecule has 7 rings (SSSR count). The molecule has 7 heteroatoms. The summed E-state index contributed by atoms with van der Waals surface area (Å²) < 4.78 is 2.22. The summed E-state index contributed by atoms with van der Waals surface area (Å²) in [7, 11) is 0. The van der Waals surface area contributed by atoms with Crippen molar-refractivity contribution in [3.63, 3.8) is 0 Å². The zero-order valence-electron chi connectivity index (χ0n) is 21.1. The number of hydrogen-bond acceptors (Lipinski definition) is 5. The number of benzene rings is 2. The van der Waals surface area contributed by atoms with Gasteiger partial charge >= 0.3 is 0 Å². The second-order valence-corrected chi connectivity index (χ2v) is 11.5. The van der Waals surface area contributed by atoms with Gasteiger partial charge in [-0.15, -0.1) is 0 Å². The predicted molar refractivity (Wildman–Crippen MR) is 151 cm³/mol. The smallest absolute Gasteiger partial charge is 0.223 e. The number of nitrogens with one attached hydrogen (secondary N) is 2. The second-order valence-electron chi connectivity index (χ2n) is 11.1. The van der Waals surface area contributed by atoms with Crippen LogP contribution in [0.2, 0.25) is 5.02 Å². The molecule has 190 valence electrons. The van der Waals surface area contributed by atoms with Crippen LogP contribution in [0.3, 0.4) is 0 Å². The van der Waals surface area contributed by atoms with Gasteiger partial charge in [-0.1, -0.05) is 48.0 Å². The lowest BCUT2D eigenvalue weighted by molar-refractivity contribution is 0.0503. The standard InChI is InChI=1S/C30H33ClN6/c31-25-19-33-28(35-29-11-6-12-30(21-29,14-13-29)36-17-15-32-16-18-36)34-27(25)24-20-37(22-7-2-1-3-8-22)26-10-5-4-9-23(24)26/h1-5,7-10,19-20,32H,6,11-18,21H2,(H,33,34,35). The van der Waals surface area contributed by atoms with E-state index in [2.05, 4.69) is 79.8 Å². The lowest BCUT2D eigenvalue weighted by Gasteiger charge is -2.48. The largest absolute Gasteiger partial charge is 0.349 e. The molecule has 3 heterocycles. The van der Waals surface area contributed by atoms with Gasteiger partial charge in [-0.3, -0.25) is 4.90 Å². The highest BCUT2D eigenvalue weighted by Crippen LogP contribution is 2.52. The van der Waals surface area contributed by atoms with E-state index < -0.39 is 0 Å². The first-order valence-corrected chi connectivity index (χ1v) is 14.0. The lowest BCUT2D eigenvalue weighted by atomic mass is 9.77. The number of rotatable bonds is 5. The van der Waals surface area contributed by atoms with Crippen LogP contribution in [0, 0.1) is 0 Å². The average Bonchev–Trinajstić information content (AvgIpc) is 3.46. The number of hydrogen-bond donors (Lipinski definition) is 2. The number of fused-ring (bicyclic) bond motifs is 3. The predicted octanol–water partition coefficient (Wildman–Crippen LogP) is 5.90. The molecule has 2 saturated carbocycles. The fraction of sp³-hybridized carbons (Fsp3) is 0.400. The summed E-state index contributed by atoms with van der Waals surface area (Å²) in [6.45, 7) is 4.51. The van der Waals surface area contributed by atoms with Gasteiger partial charge in [0.15, 0.2) is 0 Å². The van der Waals surface area contributed by atoms with Crippen molar-refractivity contribution in [1.82, 2.24) is 24.8 Å². The van der Waals surface area contributed by atoms with Crippen LogP contribution in [0.4, 0.5) is 5.95 Å². The minimum absolute atomic E-state index is 0.0618. The Hall–Kier alpha value is -2.93. The Kier molecular flexibility index (Phi) is 5.72. The Morgan fingerprint density at radius 1 is 0.919 bits per heavy atom. The molecule has 2 unspecified atom stereocenters. The van der Waals surface area contributed by atoms with Gasteiger partial charge in [0.25, 0.3) is 0 Å². The molecule has 2 N–H and O–H groups in total. The van der Waals surface area contributed by atoms with E-state index in [0.717, 1.165) is 54.0 Å². The van der Waals surface area contributed by atoms with E-state index in [1.54, 1.807) is 6.20 Å². The highest BCUT2D eigenvalue weighted by Gasteiger charge is 2.54. The minimum Gasteiger partial charge on any atom is -0.349 e. The Morgan fingerprint density at radius 3 is 2.59 bits per heavy atom. The molecule has 37 heavy (non-hydrogen) atoms. The molecule has 2 aromatic heterocycles. The SMILES string of the molecule is Clc1cnc(NC23CCCC(N4CCNCC4)(CC2)C3)nc1-c1cn(-c2ccccc2)c2ccccc12. The molecule has 2 atom stereocenters. The number of nitrogens with zero attached hydrogens (tertiary/aromatic N) is 4. The van der Waals surface area contributed by atoms with Crippen molar-refractivity contribution >= 4 is 28.5 Å². The maximum Gasteiger partial charge on any atom is 0.223 e. The van der Waals surface area contributed by atoms with Gasteiger partial charge in [0, 0.05) is 60.1 Å². The van der Waals surface area contributed by atoms with Crippen LogP contribution in [0.5, 0.6) is 0 Å². The van der Waals surface area contributed by atoms with Gasteiger partial charge in [0.2, 0.25) is 5.95 Å². The molecule has 1 saturated heterocycles. The third kappa shape index (κ3) is 4.02. The van der Waals surface area contributed by atoms with Crippen LogP contribution in [0.25, 0.3) is 27.8 Å². The molecule has 3 fully saturated rings. The maximum atomic E-state index is 6.76. The summed E-state index contributed by atoms with van der Waals surface area (Å²) in [5, 5.41) is 9.07. The molecule has 3 aliphatic rings. The monoisotopic (exact) mass is 512 g/mol. The van der Waals surface area contributed by atoms with Crippen LogP contribution in [-0.4, -0.2) is 56.7 Å². The molecule has 2 bridgehead atoms. The van der Waals surface area contributed by atoms with Crippen molar-refractivity contribution in [2.75, 3.05) is 31.5 Å². The number of aromatic nitrogens is 3. The van der Waals surface area contributed by atoms with E-state index in [1.807, 2.05) is 6.07 Å². The Bertz CT molecular complexity index is 1430. The molecule has 2 aliphatic carbocycles. The third-order valence-corrected chi connectivity index (χ3v) is 9.22. The lowest BCUT2D eigenvalue weighted by Crippen LogP contribution is -2.57. The molecule has 4 aromatic rings. The summed E-state index contributed by atoms with van der Waals surface area (Å²) in [5.74, 6) is 0.689. The van der Waals surface area contributed by atoms with E-state index in [9.17, 15) is 0 Å². The Balaban J connectivity index is 1.23. The summed E-state index contributed by atoms with van der Waals surface area (Å²) in [6, 6.07) is 18.9. The molecule has 2 aromatic carbocycles. The fourth-order valence-electron chi connectivity index (χ4n) is 7.22. The first kappa shape index (κ1) is 23.2. The summed E-state index contributed by atoms with van der Waals surface area (Å²) in [4.78, 5) is 12.5. The highest BCUT2D eigenvalue weighted by atomic mass is 35.5. The first-order valence-electron chi connectivity index (χ1n) is 13.6. The van der Waals surface area contributed by atoms with Crippen molar-refractivity contribution in [2.24, 2.45) is 0 Å². The van der Waals surface area contributed by atoms with E-state index in [0.29, 0.717) is 16.5 Å².